The highest BCUT2D eigenvalue weighted by Crippen LogP contribution is 2.37. The molecule has 200 valence electrons. The van der Waals surface area contributed by atoms with Crippen LogP contribution in [0.1, 0.15) is 32.0 Å². The standard InChI is InChI=1S/C29H28F2N6O2/c1-16-14-33-27(35-16)23-7-6-21(24-15-34-29(39)26(23)24)22-5-4-19(13-25(22)31)36-28(38)17-10-18(30)12-20(11-17)32-8-9-37(2)3/h4-7,10-14,32H,8-9,15H2,1-3H3,(H,33,35)(H,34,39)(H,36,38). The van der Waals surface area contributed by atoms with E-state index in [4.69, 9.17) is 0 Å². The van der Waals surface area contributed by atoms with E-state index in [9.17, 15) is 14.0 Å². The van der Waals surface area contributed by atoms with Gasteiger partial charge < -0.3 is 25.8 Å². The van der Waals surface area contributed by atoms with E-state index in [1.807, 2.05) is 25.9 Å². The fourth-order valence-electron chi connectivity index (χ4n) is 4.61. The predicted octanol–water partition coefficient (Wildman–Crippen LogP) is 4.80. The number of fused-ring (bicyclic) bond motifs is 1. The molecule has 2 heterocycles. The fraction of sp³-hybridized carbons (Fsp3) is 0.207. The van der Waals surface area contributed by atoms with Gasteiger partial charge in [0.15, 0.2) is 0 Å². The quantitative estimate of drug-likeness (QED) is 0.262. The molecule has 2 amide bonds. The molecule has 0 bridgehead atoms. The minimum Gasteiger partial charge on any atom is -0.384 e. The number of hydrogen-bond donors (Lipinski definition) is 4. The number of aryl methyl sites for hydroxylation is 1. The summed E-state index contributed by atoms with van der Waals surface area (Å²) in [5, 5.41) is 8.55. The minimum atomic E-state index is -0.568. The molecule has 4 N–H and O–H groups in total. The zero-order chi connectivity index (χ0) is 27.7. The molecule has 39 heavy (non-hydrogen) atoms. The maximum absolute atomic E-state index is 15.4. The van der Waals surface area contributed by atoms with Gasteiger partial charge in [0.05, 0.1) is 5.56 Å². The maximum Gasteiger partial charge on any atom is 0.255 e. The van der Waals surface area contributed by atoms with Crippen molar-refractivity contribution in [3.63, 3.8) is 0 Å². The van der Waals surface area contributed by atoms with Gasteiger partial charge in [-0.1, -0.05) is 6.07 Å². The molecule has 5 rings (SSSR count). The van der Waals surface area contributed by atoms with Crippen LogP contribution in [0.4, 0.5) is 20.2 Å². The Morgan fingerprint density at radius 3 is 2.51 bits per heavy atom. The first kappa shape index (κ1) is 26.1. The average Bonchev–Trinajstić information content (AvgIpc) is 3.49. The predicted molar refractivity (Wildman–Crippen MR) is 147 cm³/mol. The van der Waals surface area contributed by atoms with E-state index >= 15 is 4.39 Å². The number of carbonyl (C=O) groups excluding carboxylic acids is 2. The van der Waals surface area contributed by atoms with Gasteiger partial charge in [-0.05, 0) is 74.6 Å². The van der Waals surface area contributed by atoms with Crippen molar-refractivity contribution in [1.82, 2.24) is 20.2 Å². The molecule has 3 aromatic carbocycles. The third-order valence-electron chi connectivity index (χ3n) is 6.49. The highest BCUT2D eigenvalue weighted by molar-refractivity contribution is 6.06. The van der Waals surface area contributed by atoms with Gasteiger partial charge >= 0.3 is 0 Å². The second-order valence-corrected chi connectivity index (χ2v) is 9.72. The second kappa shape index (κ2) is 10.7. The number of anilines is 2. The lowest BCUT2D eigenvalue weighted by atomic mass is 9.92. The molecule has 0 spiro atoms. The number of nitrogens with one attached hydrogen (secondary N) is 4. The fourth-order valence-corrected chi connectivity index (χ4v) is 4.61. The van der Waals surface area contributed by atoms with E-state index in [2.05, 4.69) is 25.9 Å². The third-order valence-corrected chi connectivity index (χ3v) is 6.49. The normalized spacial score (nSPS) is 12.4. The molecule has 8 nitrogen and oxygen atoms in total. The second-order valence-electron chi connectivity index (χ2n) is 9.72. The lowest BCUT2D eigenvalue weighted by Gasteiger charge is -2.14. The Labute approximate surface area is 224 Å². The zero-order valence-electron chi connectivity index (χ0n) is 21.8. The molecular weight excluding hydrogens is 502 g/mol. The van der Waals surface area contributed by atoms with Crippen molar-refractivity contribution in [3.8, 4) is 22.5 Å². The first-order valence-corrected chi connectivity index (χ1v) is 12.5. The van der Waals surface area contributed by atoms with Crippen LogP contribution in [0, 0.1) is 18.6 Å². The number of carbonyl (C=O) groups is 2. The van der Waals surface area contributed by atoms with Gasteiger partial charge in [0.1, 0.15) is 17.5 Å². The molecule has 0 aliphatic carbocycles. The van der Waals surface area contributed by atoms with Gasteiger partial charge in [-0.3, -0.25) is 9.59 Å². The Morgan fingerprint density at radius 1 is 1.03 bits per heavy atom. The Kier molecular flexibility index (Phi) is 7.12. The Morgan fingerprint density at radius 2 is 1.79 bits per heavy atom. The van der Waals surface area contributed by atoms with Crippen molar-refractivity contribution >= 4 is 23.2 Å². The van der Waals surface area contributed by atoms with E-state index in [0.29, 0.717) is 45.9 Å². The Hall–Kier alpha value is -4.57. The number of aromatic amines is 1. The van der Waals surface area contributed by atoms with Crippen molar-refractivity contribution in [2.45, 2.75) is 13.5 Å². The van der Waals surface area contributed by atoms with Crippen LogP contribution in [-0.4, -0.2) is 53.9 Å². The van der Waals surface area contributed by atoms with Gasteiger partial charge in [-0.25, -0.2) is 13.8 Å². The molecule has 0 unspecified atom stereocenters. The summed E-state index contributed by atoms with van der Waals surface area (Å²) >= 11 is 0. The summed E-state index contributed by atoms with van der Waals surface area (Å²) in [6.07, 6.45) is 1.68. The van der Waals surface area contributed by atoms with E-state index in [1.54, 1.807) is 36.5 Å². The van der Waals surface area contributed by atoms with E-state index in [0.717, 1.165) is 18.3 Å². The van der Waals surface area contributed by atoms with Crippen LogP contribution in [-0.2, 0) is 6.54 Å². The lowest BCUT2D eigenvalue weighted by molar-refractivity contribution is 0.0965. The maximum atomic E-state index is 15.4. The molecule has 0 saturated heterocycles. The monoisotopic (exact) mass is 530 g/mol. The number of benzene rings is 3. The van der Waals surface area contributed by atoms with Gasteiger partial charge in [0, 0.05) is 59.6 Å². The average molecular weight is 531 g/mol. The van der Waals surface area contributed by atoms with Crippen LogP contribution in [0.15, 0.2) is 54.7 Å². The largest absolute Gasteiger partial charge is 0.384 e. The third kappa shape index (κ3) is 5.51. The summed E-state index contributed by atoms with van der Waals surface area (Å²) in [4.78, 5) is 34.9. The number of halogens is 2. The van der Waals surface area contributed by atoms with Gasteiger partial charge in [-0.2, -0.15) is 0 Å². The smallest absolute Gasteiger partial charge is 0.255 e. The number of amides is 2. The number of hydrogen-bond acceptors (Lipinski definition) is 5. The number of likely N-dealkylation sites (N-methyl/N-ethyl adjacent to an activating group) is 1. The summed E-state index contributed by atoms with van der Waals surface area (Å²) in [6, 6.07) is 11.9. The van der Waals surface area contributed by atoms with Gasteiger partial charge in [-0.15, -0.1) is 0 Å². The molecule has 0 fully saturated rings. The number of nitrogens with zero attached hydrogens (tertiary/aromatic N) is 2. The first-order valence-electron chi connectivity index (χ1n) is 12.5. The number of imidazole rings is 1. The lowest BCUT2D eigenvalue weighted by Crippen LogP contribution is -2.21. The van der Waals surface area contributed by atoms with Crippen molar-refractivity contribution in [2.24, 2.45) is 0 Å². The molecule has 10 heteroatoms. The van der Waals surface area contributed by atoms with Crippen LogP contribution in [0.5, 0.6) is 0 Å². The van der Waals surface area contributed by atoms with Gasteiger partial charge in [0.25, 0.3) is 11.8 Å². The SMILES string of the molecule is Cc1cnc(-c2ccc(-c3ccc(NC(=O)c4cc(F)cc(NCCN(C)C)c4)cc3F)c3c2C(=O)NC3)[nH]1. The molecule has 0 atom stereocenters. The topological polar surface area (TPSA) is 102 Å². The van der Waals surface area contributed by atoms with E-state index in [1.165, 1.54) is 12.1 Å². The van der Waals surface area contributed by atoms with Crippen LogP contribution < -0.4 is 16.0 Å². The summed E-state index contributed by atoms with van der Waals surface area (Å²) in [5.41, 5.74) is 4.32. The van der Waals surface area contributed by atoms with Crippen molar-refractivity contribution < 1.29 is 18.4 Å². The summed E-state index contributed by atoms with van der Waals surface area (Å²) in [6.45, 7) is 3.45. The van der Waals surface area contributed by atoms with Crippen LogP contribution in [0.2, 0.25) is 0 Å². The Bertz CT molecular complexity index is 1580. The van der Waals surface area contributed by atoms with Crippen LogP contribution >= 0.6 is 0 Å². The number of H-pyrrole nitrogens is 1. The first-order chi connectivity index (χ1) is 18.7. The van der Waals surface area contributed by atoms with Crippen molar-refractivity contribution in [2.75, 3.05) is 37.8 Å². The minimum absolute atomic E-state index is 0.109. The molecule has 4 aromatic rings. The van der Waals surface area contributed by atoms with Crippen LogP contribution in [0.3, 0.4) is 0 Å². The number of aromatic nitrogens is 2. The highest BCUT2D eigenvalue weighted by atomic mass is 19.1. The van der Waals surface area contributed by atoms with Crippen LogP contribution in [0.25, 0.3) is 22.5 Å². The van der Waals surface area contributed by atoms with Gasteiger partial charge in [0.2, 0.25) is 0 Å². The highest BCUT2D eigenvalue weighted by Gasteiger charge is 2.28. The van der Waals surface area contributed by atoms with Crippen molar-refractivity contribution in [3.05, 3.63) is 88.7 Å². The number of rotatable bonds is 8. The summed E-state index contributed by atoms with van der Waals surface area (Å²) in [7, 11) is 3.86. The molecule has 1 aliphatic heterocycles. The van der Waals surface area contributed by atoms with E-state index < -0.39 is 17.5 Å². The summed E-state index contributed by atoms with van der Waals surface area (Å²) in [5.74, 6) is -1.36. The Balaban J connectivity index is 1.38. The molecular formula is C29H28F2N6O2. The van der Waals surface area contributed by atoms with Crippen molar-refractivity contribution in [1.29, 1.82) is 0 Å². The zero-order valence-corrected chi connectivity index (χ0v) is 21.8. The molecule has 0 saturated carbocycles. The van der Waals surface area contributed by atoms with E-state index in [-0.39, 0.29) is 23.7 Å². The molecule has 0 radical (unpaired) electrons. The molecule has 1 aromatic heterocycles. The molecule has 1 aliphatic rings. The summed E-state index contributed by atoms with van der Waals surface area (Å²) < 4.78 is 29.5.